The Morgan fingerprint density at radius 1 is 1.04 bits per heavy atom. The number of hydrogen-bond acceptors (Lipinski definition) is 5. The van der Waals surface area contributed by atoms with E-state index in [4.69, 9.17) is 0 Å². The highest BCUT2D eigenvalue weighted by Crippen LogP contribution is 2.25. The first-order valence-corrected chi connectivity index (χ1v) is 11.3. The van der Waals surface area contributed by atoms with Crippen molar-refractivity contribution in [2.75, 3.05) is 16.8 Å². The van der Waals surface area contributed by atoms with Gasteiger partial charge in [0.15, 0.2) is 31.3 Å². The van der Waals surface area contributed by atoms with E-state index in [1.54, 1.807) is 0 Å². The van der Waals surface area contributed by atoms with Crippen molar-refractivity contribution >= 4 is 31.3 Å². The van der Waals surface area contributed by atoms with Crippen LogP contribution in [0.25, 0.3) is 0 Å². The van der Waals surface area contributed by atoms with Gasteiger partial charge in [0, 0.05) is 17.3 Å². The summed E-state index contributed by atoms with van der Waals surface area (Å²) in [7, 11) is -7.17. The van der Waals surface area contributed by atoms with Crippen LogP contribution in [0.3, 0.4) is 0 Å². The van der Waals surface area contributed by atoms with Gasteiger partial charge in [0.2, 0.25) is 0 Å². The Kier molecular flexibility index (Phi) is 5.04. The summed E-state index contributed by atoms with van der Waals surface area (Å²) >= 11 is 0. The van der Waals surface area contributed by atoms with E-state index in [-0.39, 0.29) is 28.3 Å². The van der Waals surface area contributed by atoms with Crippen molar-refractivity contribution in [2.24, 2.45) is 0 Å². The van der Waals surface area contributed by atoms with Crippen LogP contribution in [-0.2, 0) is 19.7 Å². The quantitative estimate of drug-likeness (QED) is 0.826. The van der Waals surface area contributed by atoms with Gasteiger partial charge < -0.3 is 5.32 Å². The summed E-state index contributed by atoms with van der Waals surface area (Å²) in [5.41, 5.74) is 0.157. The fraction of sp³-hybridized carbons (Fsp3) is 0.235. The maximum Gasteiger partial charge on any atom is 0.255 e. The highest BCUT2D eigenvalue weighted by molar-refractivity contribution is 7.96. The van der Waals surface area contributed by atoms with E-state index in [0.717, 1.165) is 12.1 Å². The Morgan fingerprint density at radius 3 is 2.26 bits per heavy atom. The highest BCUT2D eigenvalue weighted by atomic mass is 32.2. The van der Waals surface area contributed by atoms with Gasteiger partial charge in [-0.25, -0.2) is 25.6 Å². The molecule has 2 aromatic carbocycles. The molecule has 1 aliphatic heterocycles. The zero-order valence-corrected chi connectivity index (χ0v) is 15.5. The lowest BCUT2D eigenvalue weighted by molar-refractivity contribution is 0.102. The van der Waals surface area contributed by atoms with Crippen LogP contribution < -0.4 is 5.32 Å². The zero-order valence-electron chi connectivity index (χ0n) is 13.9. The van der Waals surface area contributed by atoms with E-state index in [9.17, 15) is 30.4 Å². The molecule has 27 heavy (non-hydrogen) atoms. The van der Waals surface area contributed by atoms with Crippen LogP contribution in [0.5, 0.6) is 0 Å². The number of sulfone groups is 2. The van der Waals surface area contributed by atoms with Gasteiger partial charge in [-0.2, -0.15) is 0 Å². The number of carbonyl (C=O) groups excluding carboxylic acids is 1. The zero-order chi connectivity index (χ0) is 19.8. The first kappa shape index (κ1) is 19.4. The number of amides is 1. The topological polar surface area (TPSA) is 97.4 Å². The van der Waals surface area contributed by atoms with Gasteiger partial charge in [-0.3, -0.25) is 4.79 Å². The number of hydrogen-bond donors (Lipinski definition) is 1. The van der Waals surface area contributed by atoms with Gasteiger partial charge in [0.05, 0.1) is 21.7 Å². The summed E-state index contributed by atoms with van der Waals surface area (Å²) < 4.78 is 74.2. The summed E-state index contributed by atoms with van der Waals surface area (Å²) in [4.78, 5) is 12.1. The first-order chi connectivity index (χ1) is 12.6. The monoisotopic (exact) mass is 415 g/mol. The Bertz CT molecular complexity index is 1100. The molecule has 1 saturated heterocycles. The maximum atomic E-state index is 13.2. The molecule has 0 saturated carbocycles. The third kappa shape index (κ3) is 4.16. The van der Waals surface area contributed by atoms with Crippen LogP contribution in [-0.4, -0.2) is 39.5 Å². The van der Waals surface area contributed by atoms with Gasteiger partial charge >= 0.3 is 0 Å². The van der Waals surface area contributed by atoms with Crippen molar-refractivity contribution < 1.29 is 30.4 Å². The number of carbonyl (C=O) groups is 1. The molecule has 1 heterocycles. The normalized spacial score (nSPS) is 19.0. The number of rotatable bonds is 4. The Morgan fingerprint density at radius 2 is 1.70 bits per heavy atom. The standard InChI is InChI=1S/C17H15F2NO5S2/c18-15-6-3-12(9-16(15)19)20-17(21)11-1-4-13(5-2-11)27(24,25)14-7-8-26(22,23)10-14/h1-6,9,14H,7-8,10H2,(H,20,21)/t14-/m0/s1. The van der Waals surface area contributed by atoms with Gasteiger partial charge in [0.1, 0.15) is 0 Å². The number of anilines is 1. The van der Waals surface area contributed by atoms with E-state index in [2.05, 4.69) is 5.32 Å². The smallest absolute Gasteiger partial charge is 0.255 e. The van der Waals surface area contributed by atoms with Crippen molar-refractivity contribution in [1.82, 2.24) is 0 Å². The van der Waals surface area contributed by atoms with Gasteiger partial charge in [0.25, 0.3) is 5.91 Å². The minimum Gasteiger partial charge on any atom is -0.322 e. The molecule has 0 aliphatic carbocycles. The molecule has 0 bridgehead atoms. The average Bonchev–Trinajstić information content (AvgIpc) is 2.99. The number of halogens is 2. The third-order valence-electron chi connectivity index (χ3n) is 4.25. The second kappa shape index (κ2) is 7.01. The van der Waals surface area contributed by atoms with Crippen molar-refractivity contribution in [2.45, 2.75) is 16.6 Å². The first-order valence-electron chi connectivity index (χ1n) is 7.89. The molecule has 1 aliphatic rings. The maximum absolute atomic E-state index is 13.2. The molecule has 0 aromatic heterocycles. The van der Waals surface area contributed by atoms with Crippen LogP contribution >= 0.6 is 0 Å². The summed E-state index contributed by atoms with van der Waals surface area (Å²) in [6, 6.07) is 7.87. The molecular weight excluding hydrogens is 400 g/mol. The molecule has 0 spiro atoms. The molecule has 3 rings (SSSR count). The predicted molar refractivity (Wildman–Crippen MR) is 95.0 cm³/mol. The molecule has 6 nitrogen and oxygen atoms in total. The summed E-state index contributed by atoms with van der Waals surface area (Å²) in [5.74, 6) is -3.36. The molecule has 1 atom stereocenters. The molecular formula is C17H15F2NO5S2. The van der Waals surface area contributed by atoms with E-state index >= 15 is 0 Å². The second-order valence-corrected chi connectivity index (χ2v) is 10.6. The van der Waals surface area contributed by atoms with Crippen molar-refractivity contribution in [3.63, 3.8) is 0 Å². The fourth-order valence-corrected chi connectivity index (χ4v) is 7.13. The Labute approximate surface area is 155 Å². The van der Waals surface area contributed by atoms with E-state index < -0.39 is 48.2 Å². The lowest BCUT2D eigenvalue weighted by Gasteiger charge is -2.11. The van der Waals surface area contributed by atoms with Crippen molar-refractivity contribution in [1.29, 1.82) is 0 Å². The molecule has 144 valence electrons. The largest absolute Gasteiger partial charge is 0.322 e. The fourth-order valence-electron chi connectivity index (χ4n) is 2.77. The summed E-state index contributed by atoms with van der Waals surface area (Å²) in [6.45, 7) is 0. The lowest BCUT2D eigenvalue weighted by atomic mass is 10.2. The summed E-state index contributed by atoms with van der Waals surface area (Å²) in [5, 5.41) is 1.38. The van der Waals surface area contributed by atoms with Crippen LogP contribution in [0.4, 0.5) is 14.5 Å². The van der Waals surface area contributed by atoms with Crippen LogP contribution in [0.15, 0.2) is 47.4 Å². The molecule has 10 heteroatoms. The van der Waals surface area contributed by atoms with E-state index in [1.807, 2.05) is 0 Å². The molecule has 1 amide bonds. The van der Waals surface area contributed by atoms with E-state index in [0.29, 0.717) is 0 Å². The molecule has 1 fully saturated rings. The highest BCUT2D eigenvalue weighted by Gasteiger charge is 2.37. The molecule has 2 aromatic rings. The lowest BCUT2D eigenvalue weighted by Crippen LogP contribution is -2.22. The second-order valence-electron chi connectivity index (χ2n) is 6.18. The SMILES string of the molecule is O=C(Nc1ccc(F)c(F)c1)c1ccc(S(=O)(=O)[C@H]2CCS(=O)(=O)C2)cc1. The van der Waals surface area contributed by atoms with Crippen LogP contribution in [0.1, 0.15) is 16.8 Å². The summed E-state index contributed by atoms with van der Waals surface area (Å²) in [6.07, 6.45) is 0.0447. The Balaban J connectivity index is 1.76. The van der Waals surface area contributed by atoms with Crippen molar-refractivity contribution in [3.8, 4) is 0 Å². The van der Waals surface area contributed by atoms with E-state index in [1.165, 1.54) is 30.3 Å². The Hall–Kier alpha value is -2.33. The van der Waals surface area contributed by atoms with Gasteiger partial charge in [-0.1, -0.05) is 0 Å². The minimum absolute atomic E-state index is 0.0447. The number of benzene rings is 2. The van der Waals surface area contributed by atoms with Crippen LogP contribution in [0, 0.1) is 11.6 Å². The minimum atomic E-state index is -3.82. The average molecular weight is 415 g/mol. The predicted octanol–water partition coefficient (Wildman–Crippen LogP) is 2.18. The third-order valence-corrected chi connectivity index (χ3v) is 8.44. The molecule has 0 unspecified atom stereocenters. The van der Waals surface area contributed by atoms with Crippen LogP contribution in [0.2, 0.25) is 0 Å². The number of nitrogens with one attached hydrogen (secondary N) is 1. The molecule has 0 radical (unpaired) electrons. The van der Waals surface area contributed by atoms with Gasteiger partial charge in [-0.05, 0) is 42.8 Å². The van der Waals surface area contributed by atoms with Gasteiger partial charge in [-0.15, -0.1) is 0 Å². The van der Waals surface area contributed by atoms with Crippen molar-refractivity contribution in [3.05, 3.63) is 59.7 Å². The molecule has 1 N–H and O–H groups in total.